The second-order valence-corrected chi connectivity index (χ2v) is 7.83. The van der Waals surface area contributed by atoms with Crippen LogP contribution in [-0.4, -0.2) is 14.2 Å². The first-order valence-electron chi connectivity index (χ1n) is 9.75. The molecule has 0 saturated carbocycles. The normalized spacial score (nSPS) is 12.8. The molecule has 0 radical (unpaired) electrons. The van der Waals surface area contributed by atoms with Crippen LogP contribution in [0.1, 0.15) is 5.56 Å². The van der Waals surface area contributed by atoms with E-state index in [2.05, 4.69) is 0 Å². The molecule has 0 amide bonds. The summed E-state index contributed by atoms with van der Waals surface area (Å²) >= 11 is 0. The predicted molar refractivity (Wildman–Crippen MR) is 117 cm³/mol. The van der Waals surface area contributed by atoms with Gasteiger partial charge in [-0.2, -0.15) is 13.2 Å². The third-order valence-electron chi connectivity index (χ3n) is 6.33. The molecule has 0 spiro atoms. The van der Waals surface area contributed by atoms with E-state index in [1.54, 1.807) is 24.3 Å². The van der Waals surface area contributed by atoms with Gasteiger partial charge in [0.25, 0.3) is 0 Å². The minimum atomic E-state index is -4.74. The first-order valence-corrected chi connectivity index (χ1v) is 9.75. The number of halogens is 3. The first-order chi connectivity index (χ1) is 15.3. The van der Waals surface area contributed by atoms with Gasteiger partial charge < -0.3 is 9.47 Å². The molecule has 32 heavy (non-hydrogen) atoms. The molecule has 6 rings (SSSR count). The summed E-state index contributed by atoms with van der Waals surface area (Å²) in [5.41, 5.74) is -1.12. The number of hydrogen-bond donors (Lipinski definition) is 0. The van der Waals surface area contributed by atoms with Gasteiger partial charge in [-0.15, -0.1) is 0 Å². The smallest absolute Gasteiger partial charge is 0.417 e. The molecule has 2 aliphatic carbocycles. The number of benzene rings is 6. The number of alkyl halides is 3. The van der Waals surface area contributed by atoms with E-state index < -0.39 is 22.6 Å². The summed E-state index contributed by atoms with van der Waals surface area (Å²) in [4.78, 5) is 27.1. The Morgan fingerprint density at radius 1 is 0.688 bits per heavy atom. The lowest BCUT2D eigenvalue weighted by Gasteiger charge is -2.23. The summed E-state index contributed by atoms with van der Waals surface area (Å²) in [5.74, 6) is 0.392. The van der Waals surface area contributed by atoms with Gasteiger partial charge in [0, 0.05) is 38.1 Å². The summed E-state index contributed by atoms with van der Waals surface area (Å²) in [6.45, 7) is 0. The molecule has 0 unspecified atom stereocenters. The van der Waals surface area contributed by atoms with E-state index in [0.29, 0.717) is 27.3 Å². The largest absolute Gasteiger partial charge is 0.497 e. The lowest BCUT2D eigenvalue weighted by molar-refractivity contribution is -0.136. The molecule has 0 bridgehead atoms. The zero-order chi connectivity index (χ0) is 22.5. The average molecular weight is 434 g/mol. The fourth-order valence-electron chi connectivity index (χ4n) is 5.02. The fourth-order valence-corrected chi connectivity index (χ4v) is 5.02. The molecule has 0 aliphatic heterocycles. The van der Waals surface area contributed by atoms with Crippen LogP contribution in [0.15, 0.2) is 52.1 Å². The summed E-state index contributed by atoms with van der Waals surface area (Å²) in [5, 5.41) is 1.70. The van der Waals surface area contributed by atoms with E-state index in [1.807, 2.05) is 0 Å². The SMILES string of the molecule is COc1cc2c(C(F)(F)F)cc3c4c2c(c1)c(=O)c1ccc2ccc(OC)c(c3=O)c2c1-4. The minimum Gasteiger partial charge on any atom is -0.497 e. The Balaban J connectivity index is 2.07. The Labute approximate surface area is 177 Å². The van der Waals surface area contributed by atoms with Crippen LogP contribution in [0, 0.1) is 0 Å². The highest BCUT2D eigenvalue weighted by atomic mass is 19.4. The van der Waals surface area contributed by atoms with Crippen molar-refractivity contribution in [2.45, 2.75) is 6.18 Å². The molecule has 4 aromatic carbocycles. The molecular formula is C25H13F3O4. The van der Waals surface area contributed by atoms with Crippen molar-refractivity contribution in [2.75, 3.05) is 14.2 Å². The Hall–Kier alpha value is -3.87. The Morgan fingerprint density at radius 3 is 2.06 bits per heavy atom. The van der Waals surface area contributed by atoms with Crippen LogP contribution in [0.4, 0.5) is 13.2 Å². The summed E-state index contributed by atoms with van der Waals surface area (Å²) < 4.78 is 52.9. The van der Waals surface area contributed by atoms with Crippen LogP contribution < -0.4 is 20.3 Å². The van der Waals surface area contributed by atoms with E-state index in [1.165, 1.54) is 26.4 Å². The molecule has 158 valence electrons. The number of methoxy groups -OCH3 is 2. The lowest BCUT2D eigenvalue weighted by atomic mass is 9.80. The third kappa shape index (κ3) is 2.12. The van der Waals surface area contributed by atoms with Crippen LogP contribution in [0.25, 0.3) is 54.2 Å². The Bertz CT molecular complexity index is 1770. The third-order valence-corrected chi connectivity index (χ3v) is 6.33. The highest BCUT2D eigenvalue weighted by Gasteiger charge is 2.37. The van der Waals surface area contributed by atoms with Crippen molar-refractivity contribution in [2.24, 2.45) is 0 Å². The van der Waals surface area contributed by atoms with Gasteiger partial charge in [-0.3, -0.25) is 9.59 Å². The second kappa shape index (κ2) is 5.88. The summed E-state index contributed by atoms with van der Waals surface area (Å²) in [6.07, 6.45) is -4.74. The topological polar surface area (TPSA) is 52.6 Å². The van der Waals surface area contributed by atoms with E-state index >= 15 is 0 Å². The van der Waals surface area contributed by atoms with Gasteiger partial charge in [-0.25, -0.2) is 0 Å². The summed E-state index contributed by atoms with van der Waals surface area (Å²) in [7, 11) is 2.73. The van der Waals surface area contributed by atoms with Crippen LogP contribution in [0.5, 0.6) is 11.5 Å². The van der Waals surface area contributed by atoms with Crippen molar-refractivity contribution in [3.8, 4) is 22.6 Å². The molecule has 0 N–H and O–H groups in total. The van der Waals surface area contributed by atoms with Crippen molar-refractivity contribution in [1.82, 2.24) is 0 Å². The second-order valence-electron chi connectivity index (χ2n) is 7.83. The van der Waals surface area contributed by atoms with Crippen LogP contribution in [0.2, 0.25) is 0 Å². The molecule has 4 aromatic rings. The maximum absolute atomic E-state index is 14.1. The Morgan fingerprint density at radius 2 is 1.38 bits per heavy atom. The molecule has 0 aromatic heterocycles. The van der Waals surface area contributed by atoms with Crippen molar-refractivity contribution < 1.29 is 22.6 Å². The zero-order valence-electron chi connectivity index (χ0n) is 16.8. The van der Waals surface area contributed by atoms with E-state index in [-0.39, 0.29) is 38.4 Å². The first kappa shape index (κ1) is 18.9. The van der Waals surface area contributed by atoms with E-state index in [0.717, 1.165) is 6.07 Å². The van der Waals surface area contributed by atoms with Gasteiger partial charge in [0.15, 0.2) is 10.9 Å². The maximum atomic E-state index is 14.1. The van der Waals surface area contributed by atoms with Gasteiger partial charge >= 0.3 is 6.18 Å². The van der Waals surface area contributed by atoms with Crippen LogP contribution >= 0.6 is 0 Å². The molecule has 0 saturated heterocycles. The fraction of sp³-hybridized carbons (Fsp3) is 0.120. The molecule has 7 heteroatoms. The molecule has 4 nitrogen and oxygen atoms in total. The van der Waals surface area contributed by atoms with Gasteiger partial charge in [-0.05, 0) is 41.1 Å². The standard InChI is InChI=1S/C25H13F3O4/c1-31-11-7-13-16(25(26,27)28)9-15-21-19(13)14(8-11)23(29)12-5-3-10-4-6-17(32-2)22(24(15)30)18(10)20(12)21/h3-9H,1-2H3. The van der Waals surface area contributed by atoms with Gasteiger partial charge in [0.1, 0.15) is 11.5 Å². The van der Waals surface area contributed by atoms with E-state index in [4.69, 9.17) is 9.47 Å². The highest BCUT2D eigenvalue weighted by Crippen LogP contribution is 2.49. The van der Waals surface area contributed by atoms with Crippen molar-refractivity contribution in [3.63, 3.8) is 0 Å². The number of ether oxygens (including phenoxy) is 2. The number of hydrogen-bond acceptors (Lipinski definition) is 4. The molecule has 0 atom stereocenters. The van der Waals surface area contributed by atoms with Gasteiger partial charge in [0.05, 0.1) is 25.2 Å². The summed E-state index contributed by atoms with van der Waals surface area (Å²) in [6, 6.07) is 10.4. The Kier molecular flexibility index (Phi) is 3.47. The van der Waals surface area contributed by atoms with Crippen molar-refractivity contribution in [1.29, 1.82) is 0 Å². The van der Waals surface area contributed by atoms with Crippen LogP contribution in [-0.2, 0) is 6.18 Å². The molecule has 0 fully saturated rings. The number of rotatable bonds is 2. The highest BCUT2D eigenvalue weighted by molar-refractivity contribution is 6.29. The predicted octanol–water partition coefficient (Wildman–Crippen LogP) is 5.47. The van der Waals surface area contributed by atoms with Crippen LogP contribution in [0.3, 0.4) is 0 Å². The monoisotopic (exact) mass is 434 g/mol. The molecular weight excluding hydrogens is 421 g/mol. The average Bonchev–Trinajstić information content (AvgIpc) is 2.78. The molecule has 0 heterocycles. The van der Waals surface area contributed by atoms with E-state index in [9.17, 15) is 22.8 Å². The van der Waals surface area contributed by atoms with Crippen molar-refractivity contribution >= 4 is 43.1 Å². The van der Waals surface area contributed by atoms with Crippen molar-refractivity contribution in [3.05, 3.63) is 68.5 Å². The lowest BCUT2D eigenvalue weighted by Crippen LogP contribution is -2.16. The maximum Gasteiger partial charge on any atom is 0.417 e. The van der Waals surface area contributed by atoms with Gasteiger partial charge in [-0.1, -0.05) is 12.1 Å². The molecule has 2 aliphatic rings. The quantitative estimate of drug-likeness (QED) is 0.268. The zero-order valence-corrected chi connectivity index (χ0v) is 16.8. The minimum absolute atomic E-state index is 0.0884. The van der Waals surface area contributed by atoms with Gasteiger partial charge in [0.2, 0.25) is 0 Å².